The average molecular weight is 457 g/mol. The second-order valence-electron chi connectivity index (χ2n) is 7.85. The van der Waals surface area contributed by atoms with Crippen molar-refractivity contribution in [3.05, 3.63) is 83.6 Å². The van der Waals surface area contributed by atoms with Gasteiger partial charge in [-0.05, 0) is 55.1 Å². The van der Waals surface area contributed by atoms with Crippen LogP contribution in [0, 0.1) is 11.8 Å². The molecule has 3 aromatic carbocycles. The Morgan fingerprint density at radius 1 is 1.06 bits per heavy atom. The summed E-state index contributed by atoms with van der Waals surface area (Å²) in [5.74, 6) is 8.00. The van der Waals surface area contributed by atoms with Gasteiger partial charge < -0.3 is 20.5 Å². The standard InChI is InChI=1S/C26H21ClN4O2/c27-22-15-19(7-9-24(22)33-20-4-2-1-3-5-20)31-25-21-14-18(6-8-23(21)29-17-30-25)10-11-26(32)12-13-28-16-26/h1-9,14-15,17,28,32H,12-13,16H2,(H,29,30,31). The predicted octanol–water partition coefficient (Wildman–Crippen LogP) is 4.90. The fraction of sp³-hybridized carbons (Fsp3) is 0.154. The van der Waals surface area contributed by atoms with Gasteiger partial charge in [-0.25, -0.2) is 9.97 Å². The number of halogens is 1. The Kier molecular flexibility index (Phi) is 5.84. The lowest BCUT2D eigenvalue weighted by Gasteiger charge is -2.12. The molecule has 1 fully saturated rings. The Balaban J connectivity index is 1.40. The number of hydrogen-bond donors (Lipinski definition) is 3. The second-order valence-corrected chi connectivity index (χ2v) is 8.26. The van der Waals surface area contributed by atoms with Crippen LogP contribution in [0.2, 0.25) is 5.02 Å². The largest absolute Gasteiger partial charge is 0.456 e. The van der Waals surface area contributed by atoms with Crippen LogP contribution in [0.4, 0.5) is 11.5 Å². The van der Waals surface area contributed by atoms with E-state index >= 15 is 0 Å². The third kappa shape index (κ3) is 4.91. The molecule has 0 spiro atoms. The van der Waals surface area contributed by atoms with Crippen molar-refractivity contribution in [1.29, 1.82) is 0 Å². The molecule has 0 aliphatic carbocycles. The molecule has 1 atom stereocenters. The number of benzene rings is 3. The number of aliphatic hydroxyl groups is 1. The summed E-state index contributed by atoms with van der Waals surface area (Å²) < 4.78 is 5.85. The minimum absolute atomic E-state index is 0.479. The Labute approximate surface area is 196 Å². The fourth-order valence-electron chi connectivity index (χ4n) is 3.62. The maximum atomic E-state index is 10.5. The SMILES string of the molecule is OC1(C#Cc2ccc3ncnc(Nc4ccc(Oc5ccccc5)c(Cl)c4)c3c2)CCNC1. The number of para-hydroxylation sites is 1. The number of ether oxygens (including phenoxy) is 1. The molecule has 2 heterocycles. The van der Waals surface area contributed by atoms with E-state index in [4.69, 9.17) is 16.3 Å². The molecule has 1 aliphatic heterocycles. The van der Waals surface area contributed by atoms with Crippen LogP contribution < -0.4 is 15.4 Å². The molecule has 0 radical (unpaired) electrons. The normalized spacial score (nSPS) is 17.4. The molecule has 1 aromatic heterocycles. The van der Waals surface area contributed by atoms with Crippen LogP contribution in [0.25, 0.3) is 10.9 Å². The molecule has 4 aromatic rings. The van der Waals surface area contributed by atoms with Crippen LogP contribution in [0.3, 0.4) is 0 Å². The molecule has 33 heavy (non-hydrogen) atoms. The van der Waals surface area contributed by atoms with Gasteiger partial charge >= 0.3 is 0 Å². The molecular weight excluding hydrogens is 436 g/mol. The Bertz CT molecular complexity index is 1360. The highest BCUT2D eigenvalue weighted by Crippen LogP contribution is 2.33. The fourth-order valence-corrected chi connectivity index (χ4v) is 3.84. The van der Waals surface area contributed by atoms with E-state index in [1.807, 2.05) is 60.7 Å². The van der Waals surface area contributed by atoms with Crippen molar-refractivity contribution in [3.8, 4) is 23.3 Å². The van der Waals surface area contributed by atoms with E-state index < -0.39 is 5.60 Å². The van der Waals surface area contributed by atoms with Gasteiger partial charge in [0.1, 0.15) is 29.2 Å². The van der Waals surface area contributed by atoms with Crippen molar-refractivity contribution in [2.45, 2.75) is 12.0 Å². The molecule has 1 saturated heterocycles. The van der Waals surface area contributed by atoms with Gasteiger partial charge in [0, 0.05) is 29.6 Å². The molecule has 6 nitrogen and oxygen atoms in total. The highest BCUT2D eigenvalue weighted by atomic mass is 35.5. The molecule has 1 unspecified atom stereocenters. The number of anilines is 2. The lowest BCUT2D eigenvalue weighted by atomic mass is 10.0. The van der Waals surface area contributed by atoms with Crippen LogP contribution in [-0.2, 0) is 0 Å². The van der Waals surface area contributed by atoms with Gasteiger partial charge in [-0.1, -0.05) is 41.6 Å². The molecule has 0 amide bonds. The number of fused-ring (bicyclic) bond motifs is 1. The predicted molar refractivity (Wildman–Crippen MR) is 130 cm³/mol. The van der Waals surface area contributed by atoms with Gasteiger partial charge in [-0.15, -0.1) is 0 Å². The molecule has 7 heteroatoms. The first kappa shape index (κ1) is 21.2. The van der Waals surface area contributed by atoms with Crippen molar-refractivity contribution in [1.82, 2.24) is 15.3 Å². The lowest BCUT2D eigenvalue weighted by molar-refractivity contribution is 0.124. The molecule has 1 aliphatic rings. The summed E-state index contributed by atoms with van der Waals surface area (Å²) >= 11 is 6.46. The minimum atomic E-state index is -0.983. The zero-order chi connectivity index (χ0) is 22.7. The van der Waals surface area contributed by atoms with Gasteiger partial charge in [0.15, 0.2) is 0 Å². The van der Waals surface area contributed by atoms with Crippen molar-refractivity contribution < 1.29 is 9.84 Å². The van der Waals surface area contributed by atoms with E-state index in [-0.39, 0.29) is 0 Å². The smallest absolute Gasteiger partial charge is 0.146 e. The Hall–Kier alpha value is -3.63. The number of nitrogens with zero attached hydrogens (tertiary/aromatic N) is 2. The van der Waals surface area contributed by atoms with Crippen LogP contribution in [0.15, 0.2) is 73.1 Å². The van der Waals surface area contributed by atoms with Crippen LogP contribution >= 0.6 is 11.6 Å². The summed E-state index contributed by atoms with van der Waals surface area (Å²) in [5, 5.41) is 18.2. The van der Waals surface area contributed by atoms with Crippen molar-refractivity contribution in [3.63, 3.8) is 0 Å². The summed E-state index contributed by atoms with van der Waals surface area (Å²) in [6.07, 6.45) is 2.13. The molecular formula is C26H21ClN4O2. The second kappa shape index (κ2) is 9.08. The first-order valence-corrected chi connectivity index (χ1v) is 11.0. The third-order valence-corrected chi connectivity index (χ3v) is 5.67. The van der Waals surface area contributed by atoms with Crippen LogP contribution in [-0.4, -0.2) is 33.8 Å². The highest BCUT2D eigenvalue weighted by Gasteiger charge is 2.28. The van der Waals surface area contributed by atoms with Crippen molar-refractivity contribution in [2.24, 2.45) is 0 Å². The maximum Gasteiger partial charge on any atom is 0.146 e. The summed E-state index contributed by atoms with van der Waals surface area (Å²) in [7, 11) is 0. The van der Waals surface area contributed by atoms with Crippen molar-refractivity contribution >= 4 is 34.0 Å². The van der Waals surface area contributed by atoms with E-state index in [1.54, 1.807) is 6.07 Å². The van der Waals surface area contributed by atoms with E-state index in [1.165, 1.54) is 6.33 Å². The average Bonchev–Trinajstić information content (AvgIpc) is 3.27. The van der Waals surface area contributed by atoms with Gasteiger partial charge in [-0.2, -0.15) is 0 Å². The number of hydrogen-bond acceptors (Lipinski definition) is 6. The summed E-state index contributed by atoms with van der Waals surface area (Å²) in [6.45, 7) is 1.25. The minimum Gasteiger partial charge on any atom is -0.456 e. The number of nitrogens with one attached hydrogen (secondary N) is 2. The molecule has 164 valence electrons. The molecule has 0 bridgehead atoms. The van der Waals surface area contributed by atoms with Gasteiger partial charge in [0.25, 0.3) is 0 Å². The van der Waals surface area contributed by atoms with Crippen molar-refractivity contribution in [2.75, 3.05) is 18.4 Å². The molecule has 5 rings (SSSR count). The zero-order valence-electron chi connectivity index (χ0n) is 17.7. The lowest BCUT2D eigenvalue weighted by Crippen LogP contribution is -2.28. The van der Waals surface area contributed by atoms with E-state index in [0.717, 1.165) is 28.7 Å². The summed E-state index contributed by atoms with van der Waals surface area (Å²) in [4.78, 5) is 8.76. The highest BCUT2D eigenvalue weighted by molar-refractivity contribution is 6.32. The van der Waals surface area contributed by atoms with Gasteiger partial charge in [0.2, 0.25) is 0 Å². The zero-order valence-corrected chi connectivity index (χ0v) is 18.4. The van der Waals surface area contributed by atoms with E-state index in [9.17, 15) is 5.11 Å². The Morgan fingerprint density at radius 3 is 2.73 bits per heavy atom. The molecule has 3 N–H and O–H groups in total. The van der Waals surface area contributed by atoms with E-state index in [0.29, 0.717) is 35.3 Å². The van der Waals surface area contributed by atoms with Gasteiger partial charge in [-0.3, -0.25) is 0 Å². The number of rotatable bonds is 4. The topological polar surface area (TPSA) is 79.3 Å². The first-order chi connectivity index (χ1) is 16.1. The summed E-state index contributed by atoms with van der Waals surface area (Å²) in [6, 6.07) is 20.7. The molecule has 0 saturated carbocycles. The van der Waals surface area contributed by atoms with Crippen LogP contribution in [0.1, 0.15) is 12.0 Å². The maximum absolute atomic E-state index is 10.5. The third-order valence-electron chi connectivity index (χ3n) is 5.37. The summed E-state index contributed by atoms with van der Waals surface area (Å²) in [5.41, 5.74) is 1.35. The Morgan fingerprint density at radius 2 is 1.94 bits per heavy atom. The number of β-amino-alcohol motifs (C(OH)–C–C–N with tert-alkyl or cyclic N) is 1. The quantitative estimate of drug-likeness (QED) is 0.379. The number of aromatic nitrogens is 2. The van der Waals surface area contributed by atoms with E-state index in [2.05, 4.69) is 32.4 Å². The van der Waals surface area contributed by atoms with Gasteiger partial charge in [0.05, 0.1) is 10.5 Å². The monoisotopic (exact) mass is 456 g/mol. The van der Waals surface area contributed by atoms with Crippen LogP contribution in [0.5, 0.6) is 11.5 Å². The first-order valence-electron chi connectivity index (χ1n) is 10.6.